The summed E-state index contributed by atoms with van der Waals surface area (Å²) in [6.45, 7) is 0.0905. The highest BCUT2D eigenvalue weighted by Gasteiger charge is 2.09. The lowest BCUT2D eigenvalue weighted by Gasteiger charge is -2.07. The molecule has 0 aliphatic rings. The van der Waals surface area contributed by atoms with E-state index in [1.165, 1.54) is 18.2 Å². The Morgan fingerprint density at radius 2 is 1.79 bits per heavy atom. The van der Waals surface area contributed by atoms with E-state index in [1.54, 1.807) is 30.3 Å². The third-order valence-corrected chi connectivity index (χ3v) is 3.75. The van der Waals surface area contributed by atoms with Gasteiger partial charge in [-0.1, -0.05) is 12.1 Å². The molecule has 2 rings (SSSR count). The van der Waals surface area contributed by atoms with Gasteiger partial charge in [0.1, 0.15) is 18.2 Å². The Kier molecular flexibility index (Phi) is 4.65. The lowest BCUT2D eigenvalue weighted by Crippen LogP contribution is -2.02. The zero-order valence-corrected chi connectivity index (χ0v) is 10.9. The van der Waals surface area contributed by atoms with Gasteiger partial charge in [-0.3, -0.25) is 0 Å². The third kappa shape index (κ3) is 3.62. The number of hydrogen-bond donors (Lipinski definition) is 1. The molecule has 0 aliphatic carbocycles. The van der Waals surface area contributed by atoms with Gasteiger partial charge in [-0.05, 0) is 36.4 Å². The van der Waals surface area contributed by atoms with Crippen LogP contribution in [0.2, 0.25) is 0 Å². The van der Waals surface area contributed by atoms with Crippen LogP contribution in [0.4, 0.5) is 4.39 Å². The van der Waals surface area contributed by atoms with E-state index >= 15 is 0 Å². The summed E-state index contributed by atoms with van der Waals surface area (Å²) < 4.78 is 30.6. The minimum Gasteiger partial charge on any atom is -0.491 e. The van der Waals surface area contributed by atoms with Crippen LogP contribution in [0.5, 0.6) is 5.75 Å². The first-order chi connectivity index (χ1) is 9.20. The molecule has 5 heteroatoms. The zero-order chi connectivity index (χ0) is 13.7. The van der Waals surface area contributed by atoms with Crippen LogP contribution in [0.25, 0.3) is 0 Å². The third-order valence-electron chi connectivity index (χ3n) is 2.39. The van der Waals surface area contributed by atoms with E-state index in [9.17, 15) is 8.60 Å². The van der Waals surface area contributed by atoms with Crippen molar-refractivity contribution in [1.82, 2.24) is 0 Å². The first-order valence-corrected chi connectivity index (χ1v) is 6.87. The highest BCUT2D eigenvalue weighted by atomic mass is 32.2. The molecule has 2 aromatic rings. The van der Waals surface area contributed by atoms with Gasteiger partial charge in [0.05, 0.1) is 17.4 Å². The smallest absolute Gasteiger partial charge is 0.124 e. The fourth-order valence-electron chi connectivity index (χ4n) is 1.56. The Morgan fingerprint density at radius 1 is 1.11 bits per heavy atom. The number of aliphatic hydroxyl groups is 1. The van der Waals surface area contributed by atoms with E-state index in [-0.39, 0.29) is 13.2 Å². The molecule has 19 heavy (non-hydrogen) atoms. The summed E-state index contributed by atoms with van der Waals surface area (Å²) in [5.74, 6) is 0.106. The molecule has 0 radical (unpaired) electrons. The lowest BCUT2D eigenvalue weighted by atomic mass is 10.3. The summed E-state index contributed by atoms with van der Waals surface area (Å²) in [7, 11) is -1.46. The minimum absolute atomic E-state index is 0.0861. The van der Waals surface area contributed by atoms with Crippen LogP contribution in [0.3, 0.4) is 0 Å². The van der Waals surface area contributed by atoms with E-state index in [0.717, 1.165) is 0 Å². The highest BCUT2D eigenvalue weighted by Crippen LogP contribution is 2.21. The Morgan fingerprint density at radius 3 is 2.47 bits per heavy atom. The predicted molar refractivity (Wildman–Crippen MR) is 70.1 cm³/mol. The van der Waals surface area contributed by atoms with E-state index < -0.39 is 16.6 Å². The molecule has 0 saturated carbocycles. The van der Waals surface area contributed by atoms with Gasteiger partial charge in [0.2, 0.25) is 0 Å². The molecule has 0 aliphatic heterocycles. The second-order valence-electron chi connectivity index (χ2n) is 3.77. The molecule has 1 N–H and O–H groups in total. The van der Waals surface area contributed by atoms with Crippen molar-refractivity contribution in [3.05, 3.63) is 54.3 Å². The molecule has 1 unspecified atom stereocenters. The monoisotopic (exact) mass is 280 g/mol. The topological polar surface area (TPSA) is 46.5 Å². The Bertz CT molecular complexity index is 586. The van der Waals surface area contributed by atoms with Gasteiger partial charge in [-0.15, -0.1) is 0 Å². The van der Waals surface area contributed by atoms with Gasteiger partial charge in [0, 0.05) is 9.79 Å². The summed E-state index contributed by atoms with van der Waals surface area (Å²) in [4.78, 5) is 0.931. The van der Waals surface area contributed by atoms with Crippen molar-refractivity contribution in [2.24, 2.45) is 0 Å². The van der Waals surface area contributed by atoms with Gasteiger partial charge in [0.15, 0.2) is 0 Å². The van der Waals surface area contributed by atoms with Crippen LogP contribution in [-0.2, 0) is 10.8 Å². The van der Waals surface area contributed by atoms with Gasteiger partial charge < -0.3 is 9.84 Å². The summed E-state index contributed by atoms with van der Waals surface area (Å²) in [5, 5.41) is 8.69. The molecule has 0 spiro atoms. The quantitative estimate of drug-likeness (QED) is 0.914. The minimum atomic E-state index is -1.46. The Labute approximate surface area is 113 Å². The number of benzene rings is 2. The van der Waals surface area contributed by atoms with E-state index in [0.29, 0.717) is 15.5 Å². The molecule has 3 nitrogen and oxygen atoms in total. The van der Waals surface area contributed by atoms with Crippen LogP contribution in [-0.4, -0.2) is 22.5 Å². The maximum atomic E-state index is 13.1. The van der Waals surface area contributed by atoms with Gasteiger partial charge in [0.25, 0.3) is 0 Å². The molecule has 0 fully saturated rings. The molecule has 0 amide bonds. The van der Waals surface area contributed by atoms with E-state index in [2.05, 4.69) is 0 Å². The van der Waals surface area contributed by atoms with Crippen molar-refractivity contribution in [3.8, 4) is 5.75 Å². The van der Waals surface area contributed by atoms with Crippen molar-refractivity contribution in [1.29, 1.82) is 0 Å². The summed E-state index contributed by atoms with van der Waals surface area (Å²) in [6.07, 6.45) is 0. The molecule has 0 bridgehead atoms. The summed E-state index contributed by atoms with van der Waals surface area (Å²) >= 11 is 0. The molecule has 1 atom stereocenters. The van der Waals surface area contributed by atoms with Gasteiger partial charge in [-0.25, -0.2) is 8.60 Å². The fourth-order valence-corrected chi connectivity index (χ4v) is 2.68. The SMILES string of the molecule is O=S(c1cccc(F)c1)c1cccc(OCCO)c1. The lowest BCUT2D eigenvalue weighted by molar-refractivity contribution is 0.201. The second kappa shape index (κ2) is 6.45. The molecule has 100 valence electrons. The maximum absolute atomic E-state index is 13.1. The number of ether oxygens (including phenoxy) is 1. The first-order valence-electron chi connectivity index (χ1n) is 5.72. The highest BCUT2D eigenvalue weighted by molar-refractivity contribution is 7.85. The fraction of sp³-hybridized carbons (Fsp3) is 0.143. The van der Waals surface area contributed by atoms with Gasteiger partial charge >= 0.3 is 0 Å². The number of aliphatic hydroxyl groups excluding tert-OH is 1. The summed E-state index contributed by atoms with van der Waals surface area (Å²) in [5.41, 5.74) is 0. The Balaban J connectivity index is 2.24. The first kappa shape index (κ1) is 13.7. The standard InChI is InChI=1S/C14H13FO3S/c15-11-3-1-5-13(9-11)19(17)14-6-2-4-12(10-14)18-8-7-16/h1-6,9-10,16H,7-8H2. The number of rotatable bonds is 5. The molecule has 0 saturated heterocycles. The molecule has 0 heterocycles. The molecular formula is C14H13FO3S. The van der Waals surface area contributed by atoms with Crippen LogP contribution in [0, 0.1) is 5.82 Å². The van der Waals surface area contributed by atoms with Crippen LogP contribution in [0.1, 0.15) is 0 Å². The van der Waals surface area contributed by atoms with Crippen LogP contribution in [0.15, 0.2) is 58.3 Å². The van der Waals surface area contributed by atoms with Crippen molar-refractivity contribution >= 4 is 10.8 Å². The largest absolute Gasteiger partial charge is 0.491 e. The summed E-state index contributed by atoms with van der Waals surface area (Å²) in [6, 6.07) is 12.4. The van der Waals surface area contributed by atoms with Crippen molar-refractivity contribution in [3.63, 3.8) is 0 Å². The molecular weight excluding hydrogens is 267 g/mol. The predicted octanol–water partition coefficient (Wildman–Crippen LogP) is 2.36. The average Bonchev–Trinajstić information content (AvgIpc) is 2.44. The van der Waals surface area contributed by atoms with Crippen LogP contribution < -0.4 is 4.74 Å². The van der Waals surface area contributed by atoms with Crippen molar-refractivity contribution in [2.75, 3.05) is 13.2 Å². The molecule has 0 aromatic heterocycles. The molecule has 2 aromatic carbocycles. The Hall–Kier alpha value is -1.72. The van der Waals surface area contributed by atoms with Crippen molar-refractivity contribution in [2.45, 2.75) is 9.79 Å². The van der Waals surface area contributed by atoms with Crippen molar-refractivity contribution < 1.29 is 18.4 Å². The van der Waals surface area contributed by atoms with E-state index in [1.807, 2.05) is 0 Å². The maximum Gasteiger partial charge on any atom is 0.124 e. The van der Waals surface area contributed by atoms with E-state index in [4.69, 9.17) is 9.84 Å². The number of hydrogen-bond acceptors (Lipinski definition) is 3. The van der Waals surface area contributed by atoms with Crippen LogP contribution >= 0.6 is 0 Å². The zero-order valence-electron chi connectivity index (χ0n) is 10.1. The number of halogens is 1. The van der Waals surface area contributed by atoms with Gasteiger partial charge in [-0.2, -0.15) is 0 Å². The average molecular weight is 280 g/mol. The second-order valence-corrected chi connectivity index (χ2v) is 5.25. The normalized spacial score (nSPS) is 12.1.